The molecule has 0 aliphatic carbocycles. The summed E-state index contributed by atoms with van der Waals surface area (Å²) >= 11 is 7.65. The van der Waals surface area contributed by atoms with Crippen molar-refractivity contribution in [3.63, 3.8) is 0 Å². The third-order valence-electron chi connectivity index (χ3n) is 2.73. The van der Waals surface area contributed by atoms with Gasteiger partial charge >= 0.3 is 0 Å². The van der Waals surface area contributed by atoms with E-state index in [1.807, 2.05) is 49.4 Å². The lowest BCUT2D eigenvalue weighted by atomic mass is 10.1. The van der Waals surface area contributed by atoms with Crippen molar-refractivity contribution in [1.82, 2.24) is 0 Å². The van der Waals surface area contributed by atoms with E-state index in [0.29, 0.717) is 0 Å². The lowest BCUT2D eigenvalue weighted by molar-refractivity contribution is 0.405. The Balaban J connectivity index is 2.39. The van der Waals surface area contributed by atoms with Gasteiger partial charge in [0.1, 0.15) is 5.75 Å². The van der Waals surface area contributed by atoms with Crippen molar-refractivity contribution in [2.45, 2.75) is 22.8 Å². The number of hydrogen-bond acceptors (Lipinski definition) is 3. The molecular weight excluding hydrogens is 278 g/mol. The Bertz CT molecular complexity index is 572. The number of rotatable bonds is 4. The molecule has 0 aliphatic rings. The van der Waals surface area contributed by atoms with Gasteiger partial charge in [-0.3, -0.25) is 0 Å². The first kappa shape index (κ1) is 14.3. The van der Waals surface area contributed by atoms with Crippen molar-refractivity contribution < 1.29 is 4.74 Å². The predicted octanol–water partition coefficient (Wildman–Crippen LogP) is 4.52. The quantitative estimate of drug-likeness (QED) is 0.900. The van der Waals surface area contributed by atoms with Gasteiger partial charge in [0.05, 0.1) is 7.11 Å². The molecule has 1 atom stereocenters. The van der Waals surface area contributed by atoms with E-state index >= 15 is 0 Å². The molecule has 100 valence electrons. The molecule has 2 aromatic rings. The number of benzene rings is 2. The first-order valence-electron chi connectivity index (χ1n) is 5.97. The fourth-order valence-electron chi connectivity index (χ4n) is 1.90. The molecule has 0 fully saturated rings. The van der Waals surface area contributed by atoms with Crippen molar-refractivity contribution in [2.24, 2.45) is 5.73 Å². The first-order valence-corrected chi connectivity index (χ1v) is 7.17. The third kappa shape index (κ3) is 3.44. The minimum atomic E-state index is -0.0853. The molecule has 0 heterocycles. The van der Waals surface area contributed by atoms with E-state index in [1.165, 1.54) is 0 Å². The number of methoxy groups -OCH3 is 1. The molecule has 2 N–H and O–H groups in total. The Morgan fingerprint density at radius 3 is 2.58 bits per heavy atom. The smallest absolute Gasteiger partial charge is 0.124 e. The molecule has 0 bridgehead atoms. The SMILES string of the molecule is COc1cccc(Sc2cccc(Cl)c2)c1[C@@H](C)N. The summed E-state index contributed by atoms with van der Waals surface area (Å²) in [5.41, 5.74) is 7.08. The summed E-state index contributed by atoms with van der Waals surface area (Å²) in [6, 6.07) is 13.6. The molecule has 19 heavy (non-hydrogen) atoms. The molecule has 4 heteroatoms. The topological polar surface area (TPSA) is 35.2 Å². The van der Waals surface area contributed by atoms with Gasteiger partial charge in [0.15, 0.2) is 0 Å². The fourth-order valence-corrected chi connectivity index (χ4v) is 3.28. The van der Waals surface area contributed by atoms with Crippen LogP contribution in [-0.2, 0) is 0 Å². The van der Waals surface area contributed by atoms with E-state index in [-0.39, 0.29) is 6.04 Å². The Hall–Kier alpha value is -1.16. The largest absolute Gasteiger partial charge is 0.496 e. The van der Waals surface area contributed by atoms with Gasteiger partial charge in [-0.25, -0.2) is 0 Å². The zero-order valence-corrected chi connectivity index (χ0v) is 12.5. The van der Waals surface area contributed by atoms with Crippen LogP contribution in [0.3, 0.4) is 0 Å². The summed E-state index contributed by atoms with van der Waals surface area (Å²) < 4.78 is 5.39. The Morgan fingerprint density at radius 1 is 1.21 bits per heavy atom. The van der Waals surface area contributed by atoms with Crippen LogP contribution in [0, 0.1) is 0 Å². The van der Waals surface area contributed by atoms with Crippen molar-refractivity contribution in [3.05, 3.63) is 53.1 Å². The van der Waals surface area contributed by atoms with Gasteiger partial charge in [-0.15, -0.1) is 0 Å². The second-order valence-corrected chi connectivity index (χ2v) is 5.77. The lowest BCUT2D eigenvalue weighted by Gasteiger charge is -2.16. The normalized spacial score (nSPS) is 12.2. The van der Waals surface area contributed by atoms with Crippen LogP contribution in [0.4, 0.5) is 0 Å². The van der Waals surface area contributed by atoms with Crippen LogP contribution in [0.25, 0.3) is 0 Å². The molecule has 0 amide bonds. The van der Waals surface area contributed by atoms with Crippen LogP contribution in [0.15, 0.2) is 52.3 Å². The summed E-state index contributed by atoms with van der Waals surface area (Å²) in [7, 11) is 1.66. The van der Waals surface area contributed by atoms with E-state index in [2.05, 4.69) is 0 Å². The van der Waals surface area contributed by atoms with Gasteiger partial charge in [0, 0.05) is 26.4 Å². The Kier molecular flexibility index (Phi) is 4.75. The number of nitrogens with two attached hydrogens (primary N) is 1. The highest BCUT2D eigenvalue weighted by Crippen LogP contribution is 2.38. The summed E-state index contributed by atoms with van der Waals surface area (Å²) in [6.07, 6.45) is 0. The van der Waals surface area contributed by atoms with Gasteiger partial charge in [0.25, 0.3) is 0 Å². The van der Waals surface area contributed by atoms with Crippen LogP contribution in [0.2, 0.25) is 5.02 Å². The predicted molar refractivity (Wildman–Crippen MR) is 81.2 cm³/mol. The maximum absolute atomic E-state index is 6.06. The number of hydrogen-bond donors (Lipinski definition) is 1. The average Bonchev–Trinajstić information content (AvgIpc) is 2.38. The monoisotopic (exact) mass is 293 g/mol. The molecule has 0 aliphatic heterocycles. The van der Waals surface area contributed by atoms with Crippen LogP contribution < -0.4 is 10.5 Å². The first-order chi connectivity index (χ1) is 9.11. The van der Waals surface area contributed by atoms with Crippen LogP contribution in [0.5, 0.6) is 5.75 Å². The van der Waals surface area contributed by atoms with Gasteiger partial charge in [-0.1, -0.05) is 35.5 Å². The molecule has 0 unspecified atom stereocenters. The lowest BCUT2D eigenvalue weighted by Crippen LogP contribution is -2.08. The Labute approximate surface area is 122 Å². The highest BCUT2D eigenvalue weighted by atomic mass is 35.5. The number of ether oxygens (including phenoxy) is 1. The van der Waals surface area contributed by atoms with E-state index < -0.39 is 0 Å². The summed E-state index contributed by atoms with van der Waals surface area (Å²) in [5, 5.41) is 0.732. The van der Waals surface area contributed by atoms with Crippen LogP contribution in [0.1, 0.15) is 18.5 Å². The molecule has 2 nitrogen and oxygen atoms in total. The van der Waals surface area contributed by atoms with E-state index in [4.69, 9.17) is 22.1 Å². The van der Waals surface area contributed by atoms with Crippen molar-refractivity contribution in [2.75, 3.05) is 7.11 Å². The van der Waals surface area contributed by atoms with E-state index in [9.17, 15) is 0 Å². The average molecular weight is 294 g/mol. The molecule has 2 rings (SSSR count). The van der Waals surface area contributed by atoms with Crippen LogP contribution >= 0.6 is 23.4 Å². The third-order valence-corrected chi connectivity index (χ3v) is 4.03. The minimum Gasteiger partial charge on any atom is -0.496 e. The molecule has 0 saturated heterocycles. The summed E-state index contributed by atoms with van der Waals surface area (Å²) in [6.45, 7) is 1.96. The van der Waals surface area contributed by atoms with Gasteiger partial charge in [-0.2, -0.15) is 0 Å². The second-order valence-electron chi connectivity index (χ2n) is 4.22. The van der Waals surface area contributed by atoms with Crippen molar-refractivity contribution >= 4 is 23.4 Å². The second kappa shape index (κ2) is 6.33. The van der Waals surface area contributed by atoms with Gasteiger partial charge in [-0.05, 0) is 37.3 Å². The summed E-state index contributed by atoms with van der Waals surface area (Å²) in [4.78, 5) is 2.18. The highest BCUT2D eigenvalue weighted by molar-refractivity contribution is 7.99. The molecule has 0 radical (unpaired) electrons. The van der Waals surface area contributed by atoms with Crippen molar-refractivity contribution in [3.8, 4) is 5.75 Å². The Morgan fingerprint density at radius 2 is 1.95 bits per heavy atom. The highest BCUT2D eigenvalue weighted by Gasteiger charge is 2.14. The molecule has 0 spiro atoms. The molecule has 0 aromatic heterocycles. The molecule has 0 saturated carbocycles. The van der Waals surface area contributed by atoms with E-state index in [1.54, 1.807) is 18.9 Å². The number of halogens is 1. The maximum atomic E-state index is 6.06. The zero-order valence-electron chi connectivity index (χ0n) is 10.9. The maximum Gasteiger partial charge on any atom is 0.124 e. The summed E-state index contributed by atoms with van der Waals surface area (Å²) in [5.74, 6) is 0.821. The minimum absolute atomic E-state index is 0.0853. The van der Waals surface area contributed by atoms with Gasteiger partial charge in [0.2, 0.25) is 0 Å². The molecule has 2 aromatic carbocycles. The van der Waals surface area contributed by atoms with Gasteiger partial charge < -0.3 is 10.5 Å². The standard InChI is InChI=1S/C15H16ClNOS/c1-10(17)15-13(18-2)7-4-8-14(15)19-12-6-3-5-11(16)9-12/h3-10H,17H2,1-2H3/t10-/m1/s1. The fraction of sp³-hybridized carbons (Fsp3) is 0.200. The van der Waals surface area contributed by atoms with Crippen LogP contribution in [-0.4, -0.2) is 7.11 Å². The zero-order chi connectivity index (χ0) is 13.8. The van der Waals surface area contributed by atoms with Crippen molar-refractivity contribution in [1.29, 1.82) is 0 Å². The molecular formula is C15H16ClNOS. The van der Waals surface area contributed by atoms with E-state index in [0.717, 1.165) is 26.1 Å².